The highest BCUT2D eigenvalue weighted by molar-refractivity contribution is 5.67. The Labute approximate surface area is 219 Å². The van der Waals surface area contributed by atoms with Gasteiger partial charge in [0.05, 0.1) is 24.4 Å². The van der Waals surface area contributed by atoms with Gasteiger partial charge in [-0.25, -0.2) is 4.79 Å². The molecule has 0 aromatic carbocycles. The van der Waals surface area contributed by atoms with Crippen molar-refractivity contribution in [1.29, 1.82) is 0 Å². The maximum Gasteiger partial charge on any atom is 0.407 e. The van der Waals surface area contributed by atoms with Crippen LogP contribution in [0.2, 0.25) is 0 Å². The van der Waals surface area contributed by atoms with Crippen LogP contribution in [0.25, 0.3) is 0 Å². The van der Waals surface area contributed by atoms with Gasteiger partial charge >= 0.3 is 6.09 Å². The predicted molar refractivity (Wildman–Crippen MR) is 141 cm³/mol. The zero-order chi connectivity index (χ0) is 26.5. The largest absolute Gasteiger partial charge is 0.450 e. The molecule has 1 amide bonds. The summed E-state index contributed by atoms with van der Waals surface area (Å²) in [6.07, 6.45) is 8.57. The fraction of sp³-hybridized carbons (Fsp3) is 0.967. The van der Waals surface area contributed by atoms with Crippen LogP contribution in [-0.2, 0) is 4.74 Å². The molecule has 4 saturated carbocycles. The van der Waals surface area contributed by atoms with Gasteiger partial charge in [0, 0.05) is 6.54 Å². The third-order valence-corrected chi connectivity index (χ3v) is 11.6. The number of nitrogens with one attached hydrogen (secondary N) is 1. The Morgan fingerprint density at radius 3 is 2.39 bits per heavy atom. The Kier molecular flexibility index (Phi) is 8.12. The second-order valence-corrected chi connectivity index (χ2v) is 14.2. The molecule has 6 nitrogen and oxygen atoms in total. The molecule has 4 rings (SSSR count). The summed E-state index contributed by atoms with van der Waals surface area (Å²) < 4.78 is 5.43. The number of carbonyl (C=O) groups is 1. The molecule has 0 spiro atoms. The molecule has 4 aliphatic rings. The number of fused-ring (bicyclic) bond motifs is 5. The summed E-state index contributed by atoms with van der Waals surface area (Å²) in [6.45, 7) is 13.4. The van der Waals surface area contributed by atoms with E-state index in [0.717, 1.165) is 32.1 Å². The van der Waals surface area contributed by atoms with Crippen molar-refractivity contribution in [2.45, 2.75) is 117 Å². The van der Waals surface area contributed by atoms with E-state index in [1.165, 1.54) is 25.7 Å². The fourth-order valence-electron chi connectivity index (χ4n) is 9.81. The smallest absolute Gasteiger partial charge is 0.407 e. The zero-order valence-corrected chi connectivity index (χ0v) is 23.6. The lowest BCUT2D eigenvalue weighted by Gasteiger charge is -2.64. The highest BCUT2D eigenvalue weighted by Gasteiger charge is 2.64. The molecule has 0 heterocycles. The minimum absolute atomic E-state index is 0.173. The lowest BCUT2D eigenvalue weighted by Crippen LogP contribution is -2.62. The Bertz CT molecular complexity index is 782. The van der Waals surface area contributed by atoms with Crippen molar-refractivity contribution in [2.24, 2.45) is 52.3 Å². The van der Waals surface area contributed by atoms with E-state index in [4.69, 9.17) is 4.74 Å². The van der Waals surface area contributed by atoms with Crippen molar-refractivity contribution in [3.05, 3.63) is 0 Å². The summed E-state index contributed by atoms with van der Waals surface area (Å²) in [6, 6.07) is 0. The minimum Gasteiger partial charge on any atom is -0.450 e. The van der Waals surface area contributed by atoms with Crippen LogP contribution in [0.3, 0.4) is 0 Å². The summed E-state index contributed by atoms with van der Waals surface area (Å²) in [5, 5.41) is 34.8. The number of aliphatic hydroxyl groups excluding tert-OH is 2. The number of rotatable bonds is 7. The van der Waals surface area contributed by atoms with Crippen molar-refractivity contribution in [3.8, 4) is 0 Å². The molecule has 11 atom stereocenters. The molecule has 4 N–H and O–H groups in total. The molecule has 4 aliphatic carbocycles. The van der Waals surface area contributed by atoms with Gasteiger partial charge in [0.2, 0.25) is 0 Å². The van der Waals surface area contributed by atoms with Crippen LogP contribution < -0.4 is 5.32 Å². The first kappa shape index (κ1) is 28.2. The van der Waals surface area contributed by atoms with Crippen LogP contribution in [0.4, 0.5) is 4.79 Å². The molecule has 0 radical (unpaired) electrons. The standard InChI is InChI=1S/C30H53NO5/c1-7-20-24-16-19(32)10-13-30(24,6)23-11-14-29(5)21(8-9-22(29)25(23)26(20)33)18(2)12-15-36-27(34)31-17-28(3,4)35/h18-26,32-33,35H,7-17H2,1-6H3,(H,31,34)/t18-,19-,20-,21-,22+,23+,24+,25?,26-,29-,30-/m1/s1. The highest BCUT2D eigenvalue weighted by atomic mass is 16.5. The maximum atomic E-state index is 12.0. The Hall–Kier alpha value is -0.850. The summed E-state index contributed by atoms with van der Waals surface area (Å²) in [5.74, 6) is 3.23. The molecule has 0 aromatic rings. The minimum atomic E-state index is -0.951. The number of hydrogen-bond acceptors (Lipinski definition) is 5. The first-order chi connectivity index (χ1) is 16.8. The van der Waals surface area contributed by atoms with Gasteiger partial charge in [-0.15, -0.1) is 0 Å². The molecule has 4 fully saturated rings. The first-order valence-corrected chi connectivity index (χ1v) is 14.8. The molecule has 36 heavy (non-hydrogen) atoms. The second-order valence-electron chi connectivity index (χ2n) is 14.2. The van der Waals surface area contributed by atoms with Crippen LogP contribution in [0.15, 0.2) is 0 Å². The third-order valence-electron chi connectivity index (χ3n) is 11.6. The second kappa shape index (κ2) is 10.4. The van der Waals surface area contributed by atoms with E-state index in [-0.39, 0.29) is 29.6 Å². The number of ether oxygens (including phenoxy) is 1. The molecule has 0 aliphatic heterocycles. The van der Waals surface area contributed by atoms with Crippen molar-refractivity contribution < 1.29 is 24.9 Å². The van der Waals surface area contributed by atoms with Gasteiger partial charge in [-0.1, -0.05) is 34.1 Å². The van der Waals surface area contributed by atoms with Gasteiger partial charge in [0.15, 0.2) is 0 Å². The zero-order valence-electron chi connectivity index (χ0n) is 23.6. The van der Waals surface area contributed by atoms with Gasteiger partial charge in [-0.2, -0.15) is 0 Å². The highest BCUT2D eigenvalue weighted by Crippen LogP contribution is 2.69. The van der Waals surface area contributed by atoms with Crippen LogP contribution in [0.1, 0.15) is 99.3 Å². The van der Waals surface area contributed by atoms with Crippen molar-refractivity contribution in [2.75, 3.05) is 13.2 Å². The molecule has 0 bridgehead atoms. The maximum absolute atomic E-state index is 12.0. The molecular formula is C30H53NO5. The number of carbonyl (C=O) groups excluding carboxylic acids is 1. The van der Waals surface area contributed by atoms with E-state index in [0.29, 0.717) is 48.0 Å². The van der Waals surface area contributed by atoms with Crippen LogP contribution in [0, 0.1) is 52.3 Å². The monoisotopic (exact) mass is 507 g/mol. The van der Waals surface area contributed by atoms with E-state index in [1.807, 2.05) is 0 Å². The van der Waals surface area contributed by atoms with E-state index < -0.39 is 11.7 Å². The predicted octanol–water partition coefficient (Wildman–Crippen LogP) is 5.14. The summed E-state index contributed by atoms with van der Waals surface area (Å²) in [4.78, 5) is 12.0. The number of alkyl carbamates (subject to hydrolysis) is 1. The van der Waals surface area contributed by atoms with Crippen molar-refractivity contribution >= 4 is 6.09 Å². The van der Waals surface area contributed by atoms with Crippen LogP contribution in [-0.4, -0.2) is 52.4 Å². The lowest BCUT2D eigenvalue weighted by molar-refractivity contribution is -0.203. The van der Waals surface area contributed by atoms with Crippen molar-refractivity contribution in [3.63, 3.8) is 0 Å². The number of aliphatic hydroxyl groups is 3. The Balaban J connectivity index is 1.42. The first-order valence-electron chi connectivity index (χ1n) is 14.8. The Morgan fingerprint density at radius 1 is 1.06 bits per heavy atom. The van der Waals surface area contributed by atoms with Crippen LogP contribution in [0.5, 0.6) is 0 Å². The van der Waals surface area contributed by atoms with Crippen LogP contribution >= 0.6 is 0 Å². The lowest BCUT2D eigenvalue weighted by atomic mass is 9.41. The SMILES string of the molecule is CC[C@H]1[C@@H](O)C2[C@@H]3CC[C@H]([C@H](C)CCOC(=O)NCC(C)(C)O)[C@@]3(C)CC[C@@H]2[C@@]2(C)CC[C@@H](O)C[C@@H]12. The van der Waals surface area contributed by atoms with Gasteiger partial charge in [0.1, 0.15) is 0 Å². The van der Waals surface area contributed by atoms with Gasteiger partial charge in [-0.3, -0.25) is 0 Å². The molecule has 0 aromatic heterocycles. The average molecular weight is 508 g/mol. The number of hydrogen-bond donors (Lipinski definition) is 4. The third kappa shape index (κ3) is 5.08. The summed E-state index contributed by atoms with van der Waals surface area (Å²) >= 11 is 0. The van der Waals surface area contributed by atoms with Gasteiger partial charge in [-0.05, 0) is 117 Å². The average Bonchev–Trinajstić information content (AvgIpc) is 3.16. The van der Waals surface area contributed by atoms with E-state index in [2.05, 4.69) is 33.0 Å². The van der Waals surface area contributed by atoms with Gasteiger partial charge in [0.25, 0.3) is 0 Å². The van der Waals surface area contributed by atoms with Crippen molar-refractivity contribution in [1.82, 2.24) is 5.32 Å². The quantitative estimate of drug-likeness (QED) is 0.383. The van der Waals surface area contributed by atoms with E-state index >= 15 is 0 Å². The molecule has 1 unspecified atom stereocenters. The van der Waals surface area contributed by atoms with Gasteiger partial charge < -0.3 is 25.4 Å². The molecule has 0 saturated heterocycles. The molecule has 208 valence electrons. The van der Waals surface area contributed by atoms with E-state index in [1.54, 1.807) is 13.8 Å². The summed E-state index contributed by atoms with van der Waals surface area (Å²) in [5.41, 5.74) is -0.493. The Morgan fingerprint density at radius 2 is 1.72 bits per heavy atom. The van der Waals surface area contributed by atoms with E-state index in [9.17, 15) is 20.1 Å². The topological polar surface area (TPSA) is 99.0 Å². The molecule has 6 heteroatoms. The molecular weight excluding hydrogens is 454 g/mol. The summed E-state index contributed by atoms with van der Waals surface area (Å²) in [7, 11) is 0. The normalized spacial score (nSPS) is 45.2. The fourth-order valence-corrected chi connectivity index (χ4v) is 9.81. The number of amides is 1.